The Hall–Kier alpha value is -8.91. The number of Topliss-reactive ketones (excluding diaryl/α,β-unsaturated/α-hetero) is 2. The van der Waals surface area contributed by atoms with Gasteiger partial charge in [-0.25, -0.2) is 4.79 Å². The highest BCUT2D eigenvalue weighted by atomic mass is 79.9. The maximum Gasteiger partial charge on any atom is 0.355 e. The number of benzene rings is 6. The molecule has 0 saturated carbocycles. The predicted octanol–water partition coefficient (Wildman–Crippen LogP) is 13.5. The molecule has 4 atom stereocenters. The monoisotopic (exact) mass is 1220 g/mol. The van der Waals surface area contributed by atoms with E-state index in [9.17, 15) is 49.0 Å². The number of alkyl halides is 1. The Balaban J connectivity index is 0.000000371. The minimum atomic E-state index is -2.16. The summed E-state index contributed by atoms with van der Waals surface area (Å²) in [6, 6.07) is 43.9. The molecule has 0 fully saturated rings. The number of hydrogen-bond acceptors (Lipinski definition) is 17. The van der Waals surface area contributed by atoms with E-state index in [1.165, 1.54) is 74.7 Å². The topological polar surface area (TPSA) is 288 Å². The minimum Gasteiger partial charge on any atom is -0.481 e. The van der Waals surface area contributed by atoms with Crippen LogP contribution in [0.5, 0.6) is 23.0 Å². The predicted molar refractivity (Wildman–Crippen MR) is 314 cm³/mol. The number of ether oxygens (including phenoxy) is 5. The maximum absolute atomic E-state index is 13.6. The van der Waals surface area contributed by atoms with Gasteiger partial charge in [0.2, 0.25) is 5.78 Å². The van der Waals surface area contributed by atoms with Gasteiger partial charge < -0.3 is 33.2 Å². The van der Waals surface area contributed by atoms with Gasteiger partial charge in [-0.3, -0.25) is 44.2 Å². The summed E-state index contributed by atoms with van der Waals surface area (Å²) in [5, 5.41) is 37.9. The second-order valence-corrected chi connectivity index (χ2v) is 25.1. The number of esters is 3. The number of nitro benzene ring substituents is 2. The minimum absolute atomic E-state index is 0.0237. The molecule has 0 radical (unpaired) electrons. The maximum atomic E-state index is 13.6. The molecule has 22 heteroatoms. The van der Waals surface area contributed by atoms with Crippen molar-refractivity contribution in [1.82, 2.24) is 0 Å². The number of rotatable bonds is 23. The number of aliphatic carboxylic acids is 1. The number of non-ortho nitro benzene ring substituents is 2. The lowest BCUT2D eigenvalue weighted by molar-refractivity contribution is -0.385. The van der Waals surface area contributed by atoms with Crippen molar-refractivity contribution < 1.29 is 71.8 Å². The highest BCUT2D eigenvalue weighted by Gasteiger charge is 2.39. The van der Waals surface area contributed by atoms with Gasteiger partial charge in [0.05, 0.1) is 42.0 Å². The molecule has 0 spiro atoms. The molecule has 0 heterocycles. The van der Waals surface area contributed by atoms with Crippen molar-refractivity contribution in [1.29, 1.82) is 5.26 Å². The molecule has 6 aromatic carbocycles. The molecular formula is C61H66BrN3O17Si. The summed E-state index contributed by atoms with van der Waals surface area (Å²) >= 11 is 3.02. The number of carbonyl (C=O) groups excluding carboxylic acids is 5. The number of hydrogen-bond donors (Lipinski definition) is 1. The Bertz CT molecular complexity index is 3130. The molecule has 83 heavy (non-hydrogen) atoms. The highest BCUT2D eigenvalue weighted by Crippen LogP contribution is 2.37. The summed E-state index contributed by atoms with van der Waals surface area (Å²) in [7, 11) is 0.170. The lowest BCUT2D eigenvalue weighted by Crippen LogP contribution is -2.41. The van der Waals surface area contributed by atoms with Gasteiger partial charge in [0.25, 0.3) is 17.5 Å². The summed E-state index contributed by atoms with van der Waals surface area (Å²) in [6.45, 7) is 14.0. The second kappa shape index (κ2) is 33.7. The Morgan fingerprint density at radius 2 is 0.988 bits per heavy atom. The summed E-state index contributed by atoms with van der Waals surface area (Å²) in [5.74, 6) is -3.68. The first-order valence-electron chi connectivity index (χ1n) is 25.7. The molecule has 0 aromatic heterocycles. The van der Waals surface area contributed by atoms with E-state index in [4.69, 9.17) is 33.7 Å². The Morgan fingerprint density at radius 1 is 0.602 bits per heavy atom. The van der Waals surface area contributed by atoms with Crippen LogP contribution >= 0.6 is 15.9 Å². The lowest BCUT2D eigenvalue weighted by Gasteiger charge is -2.36. The van der Waals surface area contributed by atoms with Crippen molar-refractivity contribution in [2.45, 2.75) is 94.8 Å². The van der Waals surface area contributed by atoms with Gasteiger partial charge in [-0.15, -0.1) is 0 Å². The van der Waals surface area contributed by atoms with E-state index in [0.717, 1.165) is 13.5 Å². The average Bonchev–Trinajstić information content (AvgIpc) is 3.47. The van der Waals surface area contributed by atoms with Gasteiger partial charge in [-0.2, -0.15) is 5.26 Å². The third-order valence-corrected chi connectivity index (χ3v) is 17.9. The number of para-hydroxylation sites is 2. The third kappa shape index (κ3) is 21.8. The number of ketones is 2. The van der Waals surface area contributed by atoms with Crippen molar-refractivity contribution in [3.63, 3.8) is 0 Å². The van der Waals surface area contributed by atoms with Gasteiger partial charge in [-0.05, 0) is 115 Å². The van der Waals surface area contributed by atoms with Gasteiger partial charge in [0, 0.05) is 48.9 Å². The Labute approximate surface area is 490 Å². The van der Waals surface area contributed by atoms with E-state index in [2.05, 4.69) is 54.5 Å². The molecule has 438 valence electrons. The molecular weight excluding hydrogens is 1150 g/mol. The second-order valence-electron chi connectivity index (χ2n) is 19.4. The smallest absolute Gasteiger partial charge is 0.355 e. The van der Waals surface area contributed by atoms with E-state index in [1.54, 1.807) is 54.6 Å². The van der Waals surface area contributed by atoms with Crippen LogP contribution in [-0.2, 0) is 37.8 Å². The molecule has 0 saturated heterocycles. The number of nitriles is 1. The first-order chi connectivity index (χ1) is 39.3. The van der Waals surface area contributed by atoms with E-state index in [0.29, 0.717) is 46.1 Å². The number of halogens is 1. The van der Waals surface area contributed by atoms with Gasteiger partial charge in [0.1, 0.15) is 23.0 Å². The quantitative estimate of drug-likeness (QED) is 0.00911. The number of carbonyl (C=O) groups is 6. The van der Waals surface area contributed by atoms with Crippen LogP contribution in [0.1, 0.15) is 97.6 Å². The lowest BCUT2D eigenvalue weighted by atomic mass is 9.94. The Morgan fingerprint density at radius 3 is 1.35 bits per heavy atom. The van der Waals surface area contributed by atoms with Crippen LogP contribution in [0.4, 0.5) is 11.4 Å². The van der Waals surface area contributed by atoms with E-state index < -0.39 is 70.6 Å². The van der Waals surface area contributed by atoms with Crippen molar-refractivity contribution >= 4 is 71.1 Å². The van der Waals surface area contributed by atoms with Crippen LogP contribution in [0, 0.1) is 31.6 Å². The number of methoxy groups -OCH3 is 2. The van der Waals surface area contributed by atoms with Crippen LogP contribution < -0.4 is 9.47 Å². The van der Waals surface area contributed by atoms with Crippen LogP contribution in [0.15, 0.2) is 158 Å². The number of nitro groups is 2. The number of nitrogens with zero attached hydrogens (tertiary/aromatic N) is 3. The fourth-order valence-corrected chi connectivity index (χ4v) is 8.61. The molecule has 0 aliphatic heterocycles. The largest absolute Gasteiger partial charge is 0.481 e. The summed E-state index contributed by atoms with van der Waals surface area (Å²) in [4.78, 5) is 93.5. The normalized spacial score (nSPS) is 12.1. The van der Waals surface area contributed by atoms with Gasteiger partial charge in [0.15, 0.2) is 18.9 Å². The van der Waals surface area contributed by atoms with Crippen molar-refractivity contribution in [2.75, 3.05) is 20.8 Å². The van der Waals surface area contributed by atoms with E-state index >= 15 is 0 Å². The van der Waals surface area contributed by atoms with Crippen LogP contribution in [0.25, 0.3) is 0 Å². The highest BCUT2D eigenvalue weighted by molar-refractivity contribution is 9.10. The fourth-order valence-electron chi connectivity index (χ4n) is 7.09. The van der Waals surface area contributed by atoms with Crippen LogP contribution in [0.2, 0.25) is 18.1 Å². The molecule has 0 bridgehead atoms. The first kappa shape index (κ1) is 68.4. The third-order valence-electron chi connectivity index (χ3n) is 12.6. The SMILES string of the molecule is CC#N.CCCC(C(=O)O)c1ccc([N+](=O)[O-])cc1.COC(=O)C(Br)C(=O)c1ccc(Oc2ccccc2)cc1.COC(=O)C(OC(=O)C(CCO[Si](C)(C)C(C)(C)C)c1ccc([N+](=O)[O-])cc1)C(=O)c1ccc(Oc2ccccc2)cc1. The average molecular weight is 1220 g/mol. The molecule has 1 N–H and O–H groups in total. The van der Waals surface area contributed by atoms with Crippen molar-refractivity contribution in [2.24, 2.45) is 0 Å². The molecule has 20 nitrogen and oxygen atoms in total. The molecule has 0 aliphatic rings. The summed E-state index contributed by atoms with van der Waals surface area (Å²) in [5.41, 5.74) is 1.38. The van der Waals surface area contributed by atoms with Crippen molar-refractivity contribution in [3.05, 3.63) is 200 Å². The standard InChI is InChI=1S/C32H37NO9Si.C16H13BrO4.C11H13NO4.C2H3N/c1-32(2,3)43(5,6)40-21-20-27(22-12-16-24(17-13-22)33(37)38)30(35)42-29(31(36)39-4)28(34)23-14-18-26(19-15-23)41-25-10-8-7-9-11-25;1-20-16(19)14(17)15(18)11-7-9-13(10-8-11)21-12-5-3-2-4-6-12;1-2-3-10(11(13)14)8-4-6-9(7-5-8)12(15)16;1-2-3/h7-19,27,29H,20-21H2,1-6H3;2-10,14H,1H3;4-7,10H,2-3H2,1H3,(H,13,14);1H3. The number of carboxylic acid groups (broad SMARTS) is 1. The Kier molecular flexibility index (Phi) is 27.8. The molecule has 4 unspecified atom stereocenters. The van der Waals surface area contributed by atoms with Crippen LogP contribution in [-0.4, -0.2) is 90.5 Å². The summed E-state index contributed by atoms with van der Waals surface area (Å²) in [6.07, 6.45) is -0.405. The fraction of sp³-hybridized carbons (Fsp3) is 0.295. The van der Waals surface area contributed by atoms with Gasteiger partial charge >= 0.3 is 23.9 Å². The summed E-state index contributed by atoms with van der Waals surface area (Å²) < 4.78 is 32.5. The molecule has 0 amide bonds. The van der Waals surface area contributed by atoms with E-state index in [-0.39, 0.29) is 40.8 Å². The van der Waals surface area contributed by atoms with Crippen LogP contribution in [0.3, 0.4) is 0 Å². The molecule has 6 aromatic rings. The zero-order valence-electron chi connectivity index (χ0n) is 47.3. The molecule has 6 rings (SSSR count). The number of carboxylic acids is 1. The first-order valence-corrected chi connectivity index (χ1v) is 29.6. The van der Waals surface area contributed by atoms with E-state index in [1.807, 2.05) is 55.5 Å². The zero-order valence-corrected chi connectivity index (χ0v) is 49.9. The zero-order chi connectivity index (χ0) is 61.9. The molecule has 0 aliphatic carbocycles. The van der Waals surface area contributed by atoms with Crippen molar-refractivity contribution in [3.8, 4) is 29.1 Å². The van der Waals surface area contributed by atoms with Gasteiger partial charge in [-0.1, -0.05) is 111 Å².